The third-order valence-corrected chi connectivity index (χ3v) is 1.75. The largest absolute Gasteiger partial charge is 0.243 e. The molecular weight excluding hydrogens is 184 g/mol. The number of aromatic nitrogens is 2. The first kappa shape index (κ1) is 13.4. The molecule has 1 rings (SSSR count). The van der Waals surface area contributed by atoms with E-state index in [1.807, 2.05) is 56.7 Å². The van der Waals surface area contributed by atoms with Crippen molar-refractivity contribution < 1.29 is 0 Å². The highest BCUT2D eigenvalue weighted by molar-refractivity contribution is 5.45. The Morgan fingerprint density at radius 3 is 2.53 bits per heavy atom. The van der Waals surface area contributed by atoms with Gasteiger partial charge in [-0.05, 0) is 26.0 Å². The molecule has 0 aliphatic carbocycles. The Morgan fingerprint density at radius 1 is 1.40 bits per heavy atom. The lowest BCUT2D eigenvalue weighted by atomic mass is 10.3. The minimum absolute atomic E-state index is 1.10. The van der Waals surface area contributed by atoms with E-state index in [1.165, 1.54) is 0 Å². The smallest absolute Gasteiger partial charge is 0.0496 e. The summed E-state index contributed by atoms with van der Waals surface area (Å²) in [5, 5.41) is 4.18. The lowest BCUT2D eigenvalue weighted by molar-refractivity contribution is 0.861. The molecule has 0 aromatic carbocycles. The molecule has 0 unspecified atom stereocenters. The monoisotopic (exact) mass is 204 g/mol. The maximum absolute atomic E-state index is 4.18. The third kappa shape index (κ3) is 4.45. The van der Waals surface area contributed by atoms with Crippen LogP contribution in [-0.2, 0) is 0 Å². The highest BCUT2D eigenvalue weighted by Crippen LogP contribution is 2.05. The van der Waals surface area contributed by atoms with Crippen LogP contribution in [0, 0.1) is 6.92 Å². The maximum atomic E-state index is 4.18. The SMILES string of the molecule is C=C/C=C\C=C(/C)n1nccc1C.CC. The van der Waals surface area contributed by atoms with Crippen LogP contribution < -0.4 is 0 Å². The van der Waals surface area contributed by atoms with Gasteiger partial charge in [-0.1, -0.05) is 38.7 Å². The Balaban J connectivity index is 0.000000921. The molecule has 0 atom stereocenters. The molecule has 0 spiro atoms. The highest BCUT2D eigenvalue weighted by atomic mass is 15.3. The lowest BCUT2D eigenvalue weighted by Crippen LogP contribution is -1.97. The second-order valence-corrected chi connectivity index (χ2v) is 2.81. The van der Waals surface area contributed by atoms with Crippen molar-refractivity contribution in [2.75, 3.05) is 0 Å². The van der Waals surface area contributed by atoms with Gasteiger partial charge in [0.15, 0.2) is 0 Å². The van der Waals surface area contributed by atoms with Gasteiger partial charge >= 0.3 is 0 Å². The van der Waals surface area contributed by atoms with Crippen molar-refractivity contribution in [3.8, 4) is 0 Å². The molecule has 0 radical (unpaired) electrons. The summed E-state index contributed by atoms with van der Waals surface area (Å²) in [6.45, 7) is 11.6. The molecule has 0 saturated carbocycles. The molecule has 15 heavy (non-hydrogen) atoms. The van der Waals surface area contributed by atoms with E-state index in [0.717, 1.165) is 11.4 Å². The molecule has 1 aromatic rings. The number of nitrogens with zero attached hydrogens (tertiary/aromatic N) is 2. The standard InChI is InChI=1S/C11H14N2.C2H6/c1-4-5-6-7-10(2)13-11(3)8-9-12-13;1-2/h4-9H,1H2,2-3H3;1-2H3/b6-5-,10-7+;. The molecule has 0 bridgehead atoms. The first-order valence-corrected chi connectivity index (χ1v) is 5.22. The number of allylic oxidation sites excluding steroid dienone is 5. The highest BCUT2D eigenvalue weighted by Gasteiger charge is 1.95. The fourth-order valence-electron chi connectivity index (χ4n) is 1.08. The van der Waals surface area contributed by atoms with Gasteiger partial charge in [0.1, 0.15) is 0 Å². The van der Waals surface area contributed by atoms with Crippen molar-refractivity contribution >= 4 is 5.70 Å². The summed E-state index contributed by atoms with van der Waals surface area (Å²) in [5.74, 6) is 0. The van der Waals surface area contributed by atoms with Crippen molar-refractivity contribution in [2.45, 2.75) is 27.7 Å². The molecule has 1 aromatic heterocycles. The maximum Gasteiger partial charge on any atom is 0.0496 e. The summed E-state index contributed by atoms with van der Waals surface area (Å²) in [6, 6.07) is 1.98. The Morgan fingerprint density at radius 2 is 2.07 bits per heavy atom. The van der Waals surface area contributed by atoms with Crippen LogP contribution in [0.4, 0.5) is 0 Å². The molecule has 0 saturated heterocycles. The van der Waals surface area contributed by atoms with E-state index in [-0.39, 0.29) is 0 Å². The average Bonchev–Trinajstić information content (AvgIpc) is 2.68. The van der Waals surface area contributed by atoms with E-state index in [9.17, 15) is 0 Å². The normalized spacial score (nSPS) is 11.1. The van der Waals surface area contributed by atoms with Gasteiger partial charge in [-0.25, -0.2) is 4.68 Å². The predicted molar refractivity (Wildman–Crippen MR) is 67.6 cm³/mol. The van der Waals surface area contributed by atoms with E-state index < -0.39 is 0 Å². The predicted octanol–water partition coefficient (Wildman–Crippen LogP) is 3.82. The number of aryl methyl sites for hydroxylation is 1. The van der Waals surface area contributed by atoms with Crippen LogP contribution >= 0.6 is 0 Å². The molecule has 0 aliphatic rings. The van der Waals surface area contributed by atoms with Crippen molar-refractivity contribution in [3.05, 3.63) is 48.8 Å². The summed E-state index contributed by atoms with van der Waals surface area (Å²) in [4.78, 5) is 0. The first-order valence-electron chi connectivity index (χ1n) is 5.22. The van der Waals surface area contributed by atoms with Gasteiger partial charge in [0.05, 0.1) is 0 Å². The zero-order chi connectivity index (χ0) is 11.7. The first-order chi connectivity index (χ1) is 7.25. The zero-order valence-electron chi connectivity index (χ0n) is 10.1. The van der Waals surface area contributed by atoms with Crippen LogP contribution in [0.15, 0.2) is 43.1 Å². The van der Waals surface area contributed by atoms with E-state index in [0.29, 0.717) is 0 Å². The van der Waals surface area contributed by atoms with Gasteiger partial charge in [-0.15, -0.1) is 0 Å². The fraction of sp³-hybridized carbons (Fsp3) is 0.308. The number of rotatable bonds is 3. The summed E-state index contributed by atoms with van der Waals surface area (Å²) in [5.41, 5.74) is 2.24. The Hall–Kier alpha value is -1.57. The van der Waals surface area contributed by atoms with Gasteiger partial charge in [-0.2, -0.15) is 5.10 Å². The van der Waals surface area contributed by atoms with Gasteiger partial charge in [0, 0.05) is 17.6 Å². The summed E-state index contributed by atoms with van der Waals surface area (Å²) in [6.07, 6.45) is 9.39. The molecular formula is C13H20N2. The fourth-order valence-corrected chi connectivity index (χ4v) is 1.08. The quantitative estimate of drug-likeness (QED) is 0.684. The van der Waals surface area contributed by atoms with Crippen LogP contribution in [-0.4, -0.2) is 9.78 Å². The van der Waals surface area contributed by atoms with Crippen molar-refractivity contribution in [1.29, 1.82) is 0 Å². The summed E-state index contributed by atoms with van der Waals surface area (Å²) in [7, 11) is 0. The molecule has 0 N–H and O–H groups in total. The van der Waals surface area contributed by atoms with Crippen molar-refractivity contribution in [1.82, 2.24) is 9.78 Å². The van der Waals surface area contributed by atoms with Crippen LogP contribution in [0.25, 0.3) is 5.70 Å². The molecule has 0 amide bonds. The lowest BCUT2D eigenvalue weighted by Gasteiger charge is -2.01. The second-order valence-electron chi connectivity index (χ2n) is 2.81. The van der Waals surface area contributed by atoms with Crippen molar-refractivity contribution in [3.63, 3.8) is 0 Å². The Bertz CT molecular complexity index is 343. The molecule has 2 heteroatoms. The van der Waals surface area contributed by atoms with Crippen LogP contribution in [0.1, 0.15) is 26.5 Å². The molecule has 0 aliphatic heterocycles. The van der Waals surface area contributed by atoms with Crippen LogP contribution in [0.2, 0.25) is 0 Å². The average molecular weight is 204 g/mol. The third-order valence-electron chi connectivity index (χ3n) is 1.75. The molecule has 0 fully saturated rings. The van der Waals surface area contributed by atoms with Gasteiger partial charge in [0.2, 0.25) is 0 Å². The Labute approximate surface area is 92.6 Å². The summed E-state index contributed by atoms with van der Waals surface area (Å²) < 4.78 is 1.90. The second kappa shape index (κ2) is 7.80. The molecule has 2 nitrogen and oxygen atoms in total. The number of hydrogen-bond acceptors (Lipinski definition) is 1. The summed E-state index contributed by atoms with van der Waals surface area (Å²) >= 11 is 0. The zero-order valence-corrected chi connectivity index (χ0v) is 10.1. The minimum Gasteiger partial charge on any atom is -0.243 e. The molecule has 82 valence electrons. The molecule has 1 heterocycles. The van der Waals surface area contributed by atoms with E-state index >= 15 is 0 Å². The van der Waals surface area contributed by atoms with E-state index in [2.05, 4.69) is 11.7 Å². The van der Waals surface area contributed by atoms with Crippen LogP contribution in [0.3, 0.4) is 0 Å². The van der Waals surface area contributed by atoms with E-state index in [1.54, 1.807) is 12.3 Å². The number of hydrogen-bond donors (Lipinski definition) is 0. The van der Waals surface area contributed by atoms with Gasteiger partial charge in [0.25, 0.3) is 0 Å². The van der Waals surface area contributed by atoms with E-state index in [4.69, 9.17) is 0 Å². The van der Waals surface area contributed by atoms with Crippen LogP contribution in [0.5, 0.6) is 0 Å². The van der Waals surface area contributed by atoms with Crippen molar-refractivity contribution in [2.24, 2.45) is 0 Å². The van der Waals surface area contributed by atoms with Gasteiger partial charge in [-0.3, -0.25) is 0 Å². The van der Waals surface area contributed by atoms with Gasteiger partial charge < -0.3 is 0 Å². The minimum atomic E-state index is 1.10. The topological polar surface area (TPSA) is 17.8 Å². The Kier molecular flexibility index (Phi) is 6.98.